The maximum atomic E-state index is 12.4. The Labute approximate surface area is 139 Å². The van der Waals surface area contributed by atoms with E-state index < -0.39 is 0 Å². The fourth-order valence-electron chi connectivity index (χ4n) is 1.81. The molecule has 112 valence electrons. The van der Waals surface area contributed by atoms with Crippen molar-refractivity contribution in [3.63, 3.8) is 0 Å². The zero-order valence-electron chi connectivity index (χ0n) is 11.5. The van der Waals surface area contributed by atoms with Gasteiger partial charge in [-0.3, -0.25) is 4.79 Å². The number of benzene rings is 1. The summed E-state index contributed by atoms with van der Waals surface area (Å²) in [6.45, 7) is 1.81. The molecule has 22 heavy (non-hydrogen) atoms. The van der Waals surface area contributed by atoms with E-state index in [1.54, 1.807) is 24.3 Å². The molecule has 0 spiro atoms. The van der Waals surface area contributed by atoms with Gasteiger partial charge in [0.2, 0.25) is 0 Å². The second-order valence-corrected chi connectivity index (χ2v) is 6.69. The molecule has 2 aromatic heterocycles. The molecule has 0 amide bonds. The molecule has 0 aliphatic carbocycles. The van der Waals surface area contributed by atoms with Crippen molar-refractivity contribution in [1.82, 2.24) is 10.2 Å². The molecule has 0 aliphatic rings. The van der Waals surface area contributed by atoms with E-state index in [2.05, 4.69) is 26.1 Å². The van der Waals surface area contributed by atoms with Gasteiger partial charge >= 0.3 is 0 Å². The first-order chi connectivity index (χ1) is 10.6. The highest BCUT2D eigenvalue weighted by molar-refractivity contribution is 9.10. The van der Waals surface area contributed by atoms with Crippen molar-refractivity contribution in [2.75, 3.05) is 0 Å². The van der Waals surface area contributed by atoms with E-state index >= 15 is 0 Å². The van der Waals surface area contributed by atoms with Crippen LogP contribution < -0.4 is 0 Å². The van der Waals surface area contributed by atoms with E-state index in [0.717, 1.165) is 4.47 Å². The second kappa shape index (κ2) is 6.50. The van der Waals surface area contributed by atoms with Gasteiger partial charge in [0.1, 0.15) is 0 Å². The zero-order chi connectivity index (χ0) is 15.5. The number of rotatable bonds is 5. The Morgan fingerprint density at radius 2 is 2.00 bits per heavy atom. The van der Waals surface area contributed by atoms with Gasteiger partial charge in [-0.05, 0) is 31.2 Å². The largest absolute Gasteiger partial charge is 0.459 e. The van der Waals surface area contributed by atoms with Crippen molar-refractivity contribution in [2.24, 2.45) is 0 Å². The number of halogens is 1. The van der Waals surface area contributed by atoms with Crippen LogP contribution in [0.5, 0.6) is 0 Å². The Bertz CT molecular complexity index is 768. The van der Waals surface area contributed by atoms with Crippen molar-refractivity contribution in [3.8, 4) is 11.7 Å². The third kappa shape index (κ3) is 3.31. The Hall–Kier alpha value is -1.86. The lowest BCUT2D eigenvalue weighted by Crippen LogP contribution is -2.13. The third-order valence-electron chi connectivity index (χ3n) is 2.91. The minimum atomic E-state index is -0.328. The van der Waals surface area contributed by atoms with E-state index in [-0.39, 0.29) is 11.0 Å². The van der Waals surface area contributed by atoms with Crippen molar-refractivity contribution in [2.45, 2.75) is 17.4 Å². The number of hydrogen-bond donors (Lipinski definition) is 0. The van der Waals surface area contributed by atoms with Gasteiger partial charge in [0.25, 0.3) is 11.1 Å². The van der Waals surface area contributed by atoms with Crippen LogP contribution in [0.15, 0.2) is 61.2 Å². The standard InChI is InChI=1S/C15H11BrN2O3S/c1-9(13(19)10-4-6-11(16)7-5-10)22-15-18-17-14(21-15)12-3-2-8-20-12/h2-9H,1H3. The Kier molecular flexibility index (Phi) is 4.44. The van der Waals surface area contributed by atoms with Crippen molar-refractivity contribution in [1.29, 1.82) is 0 Å². The predicted octanol–water partition coefficient (Wildman–Crippen LogP) is 4.46. The van der Waals surface area contributed by atoms with Crippen molar-refractivity contribution < 1.29 is 13.6 Å². The van der Waals surface area contributed by atoms with Crippen LogP contribution in [0, 0.1) is 0 Å². The fraction of sp³-hybridized carbons (Fsp3) is 0.133. The molecule has 1 aromatic carbocycles. The summed E-state index contributed by atoms with van der Waals surface area (Å²) in [6, 6.07) is 10.7. The Balaban J connectivity index is 1.70. The number of ketones is 1. The lowest BCUT2D eigenvalue weighted by molar-refractivity contribution is 0.0993. The van der Waals surface area contributed by atoms with Crippen LogP contribution in [0.25, 0.3) is 11.7 Å². The minimum Gasteiger partial charge on any atom is -0.459 e. The van der Waals surface area contributed by atoms with Gasteiger partial charge in [-0.1, -0.05) is 39.8 Å². The quantitative estimate of drug-likeness (QED) is 0.482. The smallest absolute Gasteiger partial charge is 0.284 e. The van der Waals surface area contributed by atoms with E-state index in [0.29, 0.717) is 22.4 Å². The molecule has 0 fully saturated rings. The zero-order valence-corrected chi connectivity index (χ0v) is 13.9. The first kappa shape index (κ1) is 15.1. The maximum absolute atomic E-state index is 12.4. The number of hydrogen-bond acceptors (Lipinski definition) is 6. The number of aromatic nitrogens is 2. The van der Waals surface area contributed by atoms with Crippen LogP contribution in [-0.2, 0) is 0 Å². The molecule has 1 atom stereocenters. The summed E-state index contributed by atoms with van der Waals surface area (Å²) in [5.74, 6) is 0.817. The number of furan rings is 1. The summed E-state index contributed by atoms with van der Waals surface area (Å²) >= 11 is 4.57. The van der Waals surface area contributed by atoms with E-state index in [9.17, 15) is 4.79 Å². The predicted molar refractivity (Wildman–Crippen MR) is 85.8 cm³/mol. The van der Waals surface area contributed by atoms with Gasteiger partial charge in [-0.25, -0.2) is 0 Å². The molecule has 7 heteroatoms. The van der Waals surface area contributed by atoms with Gasteiger partial charge in [-0.15, -0.1) is 10.2 Å². The number of nitrogens with zero attached hydrogens (tertiary/aromatic N) is 2. The Morgan fingerprint density at radius 1 is 1.23 bits per heavy atom. The molecule has 2 heterocycles. The van der Waals surface area contributed by atoms with Gasteiger partial charge in [0, 0.05) is 10.0 Å². The molecule has 0 bridgehead atoms. The molecule has 0 N–H and O–H groups in total. The molecular formula is C15H11BrN2O3S. The normalized spacial score (nSPS) is 12.3. The number of thioether (sulfide) groups is 1. The lowest BCUT2D eigenvalue weighted by atomic mass is 10.1. The third-order valence-corrected chi connectivity index (χ3v) is 4.38. The van der Waals surface area contributed by atoms with E-state index in [1.807, 2.05) is 19.1 Å². The highest BCUT2D eigenvalue weighted by atomic mass is 79.9. The van der Waals surface area contributed by atoms with Gasteiger partial charge in [0.05, 0.1) is 11.5 Å². The van der Waals surface area contributed by atoms with E-state index in [1.165, 1.54) is 18.0 Å². The summed E-state index contributed by atoms with van der Waals surface area (Å²) in [5.41, 5.74) is 0.647. The number of Topliss-reactive ketones (excluding diaryl/α,β-unsaturated/α-hetero) is 1. The van der Waals surface area contributed by atoms with Crippen molar-refractivity contribution in [3.05, 3.63) is 52.7 Å². The molecular weight excluding hydrogens is 368 g/mol. The van der Waals surface area contributed by atoms with Gasteiger partial charge in [-0.2, -0.15) is 0 Å². The van der Waals surface area contributed by atoms with Crippen LogP contribution in [0.1, 0.15) is 17.3 Å². The topological polar surface area (TPSA) is 69.1 Å². The summed E-state index contributed by atoms with van der Waals surface area (Å²) in [5, 5.41) is 7.85. The molecule has 0 aliphatic heterocycles. The van der Waals surface area contributed by atoms with Crippen LogP contribution in [0.3, 0.4) is 0 Å². The average molecular weight is 379 g/mol. The SMILES string of the molecule is CC(Sc1nnc(-c2ccco2)o1)C(=O)c1ccc(Br)cc1. The second-order valence-electron chi connectivity index (χ2n) is 4.48. The van der Waals surface area contributed by atoms with Crippen LogP contribution >= 0.6 is 27.7 Å². The number of carbonyl (C=O) groups is 1. The molecule has 3 rings (SSSR count). The minimum absolute atomic E-state index is 0.00949. The summed E-state index contributed by atoms with van der Waals surface area (Å²) < 4.78 is 11.6. The lowest BCUT2D eigenvalue weighted by Gasteiger charge is -2.07. The first-order valence-corrected chi connectivity index (χ1v) is 8.14. The van der Waals surface area contributed by atoms with Crippen LogP contribution in [0.4, 0.5) is 0 Å². The van der Waals surface area contributed by atoms with Gasteiger partial charge < -0.3 is 8.83 Å². The molecule has 3 aromatic rings. The summed E-state index contributed by atoms with van der Waals surface area (Å²) in [7, 11) is 0. The molecule has 5 nitrogen and oxygen atoms in total. The molecule has 0 saturated heterocycles. The molecule has 0 saturated carbocycles. The first-order valence-electron chi connectivity index (χ1n) is 6.47. The van der Waals surface area contributed by atoms with Crippen LogP contribution in [-0.4, -0.2) is 21.2 Å². The maximum Gasteiger partial charge on any atom is 0.284 e. The fourth-order valence-corrected chi connectivity index (χ4v) is 2.84. The van der Waals surface area contributed by atoms with E-state index in [4.69, 9.17) is 8.83 Å². The molecule has 0 radical (unpaired) electrons. The summed E-state index contributed by atoms with van der Waals surface area (Å²) in [4.78, 5) is 12.4. The Morgan fingerprint density at radius 3 is 2.68 bits per heavy atom. The molecule has 1 unspecified atom stereocenters. The van der Waals surface area contributed by atoms with Crippen LogP contribution in [0.2, 0.25) is 0 Å². The van der Waals surface area contributed by atoms with Gasteiger partial charge in [0.15, 0.2) is 11.5 Å². The highest BCUT2D eigenvalue weighted by Gasteiger charge is 2.20. The van der Waals surface area contributed by atoms with Crippen molar-refractivity contribution >= 4 is 33.5 Å². The number of carbonyl (C=O) groups excluding carboxylic acids is 1. The summed E-state index contributed by atoms with van der Waals surface area (Å²) in [6.07, 6.45) is 1.53. The highest BCUT2D eigenvalue weighted by Crippen LogP contribution is 2.28. The average Bonchev–Trinajstić information content (AvgIpc) is 3.18. The monoisotopic (exact) mass is 378 g/mol.